The monoisotopic (exact) mass is 243 g/mol. The van der Waals surface area contributed by atoms with Gasteiger partial charge in [-0.15, -0.1) is 11.8 Å². The zero-order valence-electron chi connectivity index (χ0n) is 9.39. The van der Waals surface area contributed by atoms with Crippen LogP contribution in [0.4, 0.5) is 8.78 Å². The van der Waals surface area contributed by atoms with Gasteiger partial charge in [0.2, 0.25) is 0 Å². The minimum atomic E-state index is -0.491. The molecule has 0 saturated heterocycles. The molecule has 0 spiro atoms. The van der Waals surface area contributed by atoms with Gasteiger partial charge in [0.15, 0.2) is 0 Å². The number of hydrogen-bond acceptors (Lipinski definition) is 2. The Morgan fingerprint density at radius 1 is 1.38 bits per heavy atom. The van der Waals surface area contributed by atoms with E-state index in [2.05, 4.69) is 12.2 Å². The van der Waals surface area contributed by atoms with Crippen LogP contribution in [0.15, 0.2) is 17.0 Å². The number of rotatable bonds is 3. The molecule has 16 heavy (non-hydrogen) atoms. The first kappa shape index (κ1) is 11.9. The largest absolute Gasteiger partial charge is 0.312 e. The van der Waals surface area contributed by atoms with Gasteiger partial charge in [-0.2, -0.15) is 0 Å². The number of fused-ring (bicyclic) bond motifs is 1. The molecule has 88 valence electrons. The topological polar surface area (TPSA) is 12.0 Å². The maximum absolute atomic E-state index is 13.6. The SMILES string of the molecule is CCCC1Sc2c(F)cc(F)cc2C1NC. The van der Waals surface area contributed by atoms with E-state index in [1.807, 2.05) is 7.05 Å². The second kappa shape index (κ2) is 4.72. The minimum Gasteiger partial charge on any atom is -0.312 e. The van der Waals surface area contributed by atoms with E-state index in [9.17, 15) is 8.78 Å². The lowest BCUT2D eigenvalue weighted by atomic mass is 10.0. The average molecular weight is 243 g/mol. The number of thioether (sulfide) groups is 1. The summed E-state index contributed by atoms with van der Waals surface area (Å²) < 4.78 is 26.8. The summed E-state index contributed by atoms with van der Waals surface area (Å²) in [6, 6.07) is 2.47. The van der Waals surface area contributed by atoms with Crippen LogP contribution >= 0.6 is 11.8 Å². The molecule has 0 aromatic heterocycles. The lowest BCUT2D eigenvalue weighted by molar-refractivity contribution is 0.522. The zero-order chi connectivity index (χ0) is 11.7. The van der Waals surface area contributed by atoms with E-state index >= 15 is 0 Å². The predicted molar refractivity (Wildman–Crippen MR) is 62.7 cm³/mol. The van der Waals surface area contributed by atoms with Crippen LogP contribution in [0.5, 0.6) is 0 Å². The van der Waals surface area contributed by atoms with Crippen LogP contribution < -0.4 is 5.32 Å². The van der Waals surface area contributed by atoms with Crippen molar-refractivity contribution in [2.45, 2.75) is 36.0 Å². The van der Waals surface area contributed by atoms with Crippen LogP contribution in [0.2, 0.25) is 0 Å². The number of hydrogen-bond donors (Lipinski definition) is 1. The molecule has 1 aliphatic heterocycles. The van der Waals surface area contributed by atoms with E-state index in [0.717, 1.165) is 24.5 Å². The Kier molecular flexibility index (Phi) is 3.50. The van der Waals surface area contributed by atoms with Crippen LogP contribution in [0, 0.1) is 11.6 Å². The molecule has 1 aromatic rings. The molecule has 2 atom stereocenters. The number of nitrogens with one attached hydrogen (secondary N) is 1. The molecular formula is C12H15F2NS. The lowest BCUT2D eigenvalue weighted by Crippen LogP contribution is -2.23. The molecule has 0 amide bonds. The third kappa shape index (κ3) is 1.96. The molecule has 1 N–H and O–H groups in total. The van der Waals surface area contributed by atoms with E-state index in [1.165, 1.54) is 17.8 Å². The molecule has 1 nitrogen and oxygen atoms in total. The van der Waals surface area contributed by atoms with E-state index in [-0.39, 0.29) is 6.04 Å². The molecule has 2 unspecified atom stereocenters. The first-order valence-electron chi connectivity index (χ1n) is 5.50. The van der Waals surface area contributed by atoms with Crippen molar-refractivity contribution in [1.29, 1.82) is 0 Å². The summed E-state index contributed by atoms with van der Waals surface area (Å²) >= 11 is 1.52. The molecule has 1 heterocycles. The van der Waals surface area contributed by atoms with Crippen molar-refractivity contribution in [1.82, 2.24) is 5.32 Å². The quantitative estimate of drug-likeness (QED) is 0.872. The van der Waals surface area contributed by atoms with Gasteiger partial charge in [0.25, 0.3) is 0 Å². The fourth-order valence-corrected chi connectivity index (χ4v) is 3.78. The maximum Gasteiger partial charge on any atom is 0.140 e. The molecule has 0 fully saturated rings. The molecule has 1 aliphatic rings. The Balaban J connectivity index is 2.38. The summed E-state index contributed by atoms with van der Waals surface area (Å²) in [6.07, 6.45) is 2.06. The van der Waals surface area contributed by atoms with E-state index < -0.39 is 11.6 Å². The molecule has 4 heteroatoms. The van der Waals surface area contributed by atoms with Crippen LogP contribution in [-0.2, 0) is 0 Å². The fraction of sp³-hybridized carbons (Fsp3) is 0.500. The van der Waals surface area contributed by atoms with Crippen molar-refractivity contribution < 1.29 is 8.78 Å². The Hall–Kier alpha value is -0.610. The van der Waals surface area contributed by atoms with Crippen LogP contribution in [0.25, 0.3) is 0 Å². The summed E-state index contributed by atoms with van der Waals surface area (Å²) in [5, 5.41) is 3.46. The summed E-state index contributed by atoms with van der Waals surface area (Å²) in [7, 11) is 1.84. The van der Waals surface area contributed by atoms with E-state index in [0.29, 0.717) is 10.1 Å². The molecule has 0 aliphatic carbocycles. The Morgan fingerprint density at radius 3 is 2.75 bits per heavy atom. The smallest absolute Gasteiger partial charge is 0.140 e. The van der Waals surface area contributed by atoms with Crippen molar-refractivity contribution in [3.05, 3.63) is 29.3 Å². The molecule has 0 bridgehead atoms. The first-order valence-corrected chi connectivity index (χ1v) is 6.38. The van der Waals surface area contributed by atoms with Crippen molar-refractivity contribution in [3.8, 4) is 0 Å². The Morgan fingerprint density at radius 2 is 2.12 bits per heavy atom. The van der Waals surface area contributed by atoms with Crippen LogP contribution in [0.3, 0.4) is 0 Å². The van der Waals surface area contributed by atoms with Gasteiger partial charge >= 0.3 is 0 Å². The van der Waals surface area contributed by atoms with Crippen molar-refractivity contribution in [2.24, 2.45) is 0 Å². The van der Waals surface area contributed by atoms with Gasteiger partial charge < -0.3 is 5.32 Å². The molecule has 2 rings (SSSR count). The van der Waals surface area contributed by atoms with Gasteiger partial charge in [0, 0.05) is 22.3 Å². The van der Waals surface area contributed by atoms with Gasteiger partial charge in [-0.05, 0) is 25.1 Å². The van der Waals surface area contributed by atoms with Crippen molar-refractivity contribution in [2.75, 3.05) is 7.05 Å². The normalized spacial score (nSPS) is 23.5. The highest BCUT2D eigenvalue weighted by atomic mass is 32.2. The maximum atomic E-state index is 13.6. The van der Waals surface area contributed by atoms with Gasteiger partial charge in [-0.3, -0.25) is 0 Å². The second-order valence-electron chi connectivity index (χ2n) is 4.02. The standard InChI is InChI=1S/C12H15F2NS/c1-3-4-10-11(15-2)8-5-7(13)6-9(14)12(8)16-10/h5-6,10-11,15H,3-4H2,1-2H3. The highest BCUT2D eigenvalue weighted by Gasteiger charge is 2.34. The summed E-state index contributed by atoms with van der Waals surface area (Å²) in [6.45, 7) is 2.10. The third-order valence-corrected chi connectivity index (χ3v) is 4.37. The summed E-state index contributed by atoms with van der Waals surface area (Å²) in [4.78, 5) is 0.610. The van der Waals surface area contributed by atoms with Crippen LogP contribution in [-0.4, -0.2) is 12.3 Å². The number of halogens is 2. The fourth-order valence-electron chi connectivity index (χ4n) is 2.21. The number of benzene rings is 1. The Labute approximate surface area is 98.6 Å². The van der Waals surface area contributed by atoms with E-state index in [4.69, 9.17) is 0 Å². The highest BCUT2D eigenvalue weighted by molar-refractivity contribution is 8.00. The predicted octanol–water partition coefficient (Wildman–Crippen LogP) is 3.50. The Bertz CT molecular complexity index is 395. The van der Waals surface area contributed by atoms with Gasteiger partial charge in [0.1, 0.15) is 11.6 Å². The minimum absolute atomic E-state index is 0.0603. The zero-order valence-corrected chi connectivity index (χ0v) is 10.2. The van der Waals surface area contributed by atoms with Gasteiger partial charge in [-0.1, -0.05) is 13.3 Å². The van der Waals surface area contributed by atoms with E-state index in [1.54, 1.807) is 0 Å². The first-order chi connectivity index (χ1) is 7.67. The highest BCUT2D eigenvalue weighted by Crippen LogP contribution is 2.47. The van der Waals surface area contributed by atoms with Crippen LogP contribution in [0.1, 0.15) is 31.4 Å². The molecule has 0 saturated carbocycles. The average Bonchev–Trinajstić information content (AvgIpc) is 2.56. The molecule has 0 radical (unpaired) electrons. The van der Waals surface area contributed by atoms with Gasteiger partial charge in [0.05, 0.1) is 0 Å². The lowest BCUT2D eigenvalue weighted by Gasteiger charge is -2.17. The third-order valence-electron chi connectivity index (χ3n) is 2.90. The summed E-state index contributed by atoms with van der Waals surface area (Å²) in [5.41, 5.74) is 0.767. The van der Waals surface area contributed by atoms with Crippen molar-refractivity contribution in [3.63, 3.8) is 0 Å². The molecule has 1 aromatic carbocycles. The van der Waals surface area contributed by atoms with Crippen molar-refractivity contribution >= 4 is 11.8 Å². The second-order valence-corrected chi connectivity index (χ2v) is 5.27. The summed E-state index contributed by atoms with van der Waals surface area (Å²) in [5.74, 6) is -0.923. The van der Waals surface area contributed by atoms with Gasteiger partial charge in [-0.25, -0.2) is 8.78 Å². The molecular weight excluding hydrogens is 228 g/mol.